The molecule has 0 nitrogen and oxygen atoms in total. The second-order valence-corrected chi connectivity index (χ2v) is 7.79. The molecule has 0 bridgehead atoms. The molecule has 0 saturated heterocycles. The summed E-state index contributed by atoms with van der Waals surface area (Å²) in [5.41, 5.74) is 3.94. The third kappa shape index (κ3) is 3.40. The van der Waals surface area contributed by atoms with E-state index in [0.29, 0.717) is 0 Å². The molecule has 1 unspecified atom stereocenters. The van der Waals surface area contributed by atoms with Crippen molar-refractivity contribution in [3.8, 4) is 0 Å². The van der Waals surface area contributed by atoms with E-state index in [1.807, 2.05) is 11.3 Å². The van der Waals surface area contributed by atoms with Crippen LogP contribution in [-0.4, -0.2) is 0 Å². The second kappa shape index (κ2) is 5.30. The molecule has 0 radical (unpaired) electrons. The zero-order valence-corrected chi connectivity index (χ0v) is 13.8. The quantitative estimate of drug-likeness (QED) is 0.596. The van der Waals surface area contributed by atoms with Gasteiger partial charge >= 0.3 is 0 Å². The summed E-state index contributed by atoms with van der Waals surface area (Å²) in [4.78, 5) is 2.62. The van der Waals surface area contributed by atoms with Crippen molar-refractivity contribution in [2.24, 2.45) is 0 Å². The first-order chi connectivity index (χ1) is 8.77. The third-order valence-corrected chi connectivity index (χ3v) is 5.34. The van der Waals surface area contributed by atoms with Gasteiger partial charge in [-0.1, -0.05) is 50.1 Å². The molecule has 1 heterocycles. The number of hydrogen-bond acceptors (Lipinski definition) is 1. The Morgan fingerprint density at radius 1 is 1.00 bits per heavy atom. The van der Waals surface area contributed by atoms with E-state index >= 15 is 0 Å². The van der Waals surface area contributed by atoms with Gasteiger partial charge in [-0.25, -0.2) is 0 Å². The van der Waals surface area contributed by atoms with E-state index in [1.54, 1.807) is 0 Å². The molecule has 0 aliphatic heterocycles. The van der Waals surface area contributed by atoms with Gasteiger partial charge in [-0.05, 0) is 37.0 Å². The van der Waals surface area contributed by atoms with Crippen molar-refractivity contribution in [3.63, 3.8) is 0 Å². The Labute approximate surface area is 125 Å². The molecule has 2 heteroatoms. The molecule has 0 fully saturated rings. The van der Waals surface area contributed by atoms with Gasteiger partial charge in [0.2, 0.25) is 0 Å². The fourth-order valence-corrected chi connectivity index (χ4v) is 3.62. The van der Waals surface area contributed by atoms with Gasteiger partial charge in [0.1, 0.15) is 0 Å². The molecule has 2 rings (SSSR count). The predicted molar refractivity (Wildman–Crippen MR) is 86.6 cm³/mol. The molecular weight excluding hydrogens is 272 g/mol. The summed E-state index contributed by atoms with van der Waals surface area (Å²) in [6.07, 6.45) is 0. The van der Waals surface area contributed by atoms with Crippen molar-refractivity contribution >= 4 is 22.9 Å². The Kier molecular flexibility index (Phi) is 4.08. The van der Waals surface area contributed by atoms with Gasteiger partial charge in [-0.15, -0.1) is 22.9 Å². The highest BCUT2D eigenvalue weighted by atomic mass is 35.5. The van der Waals surface area contributed by atoms with Crippen LogP contribution < -0.4 is 0 Å². The first kappa shape index (κ1) is 14.6. The zero-order valence-electron chi connectivity index (χ0n) is 12.3. The van der Waals surface area contributed by atoms with E-state index in [-0.39, 0.29) is 10.8 Å². The molecule has 0 aliphatic rings. The van der Waals surface area contributed by atoms with Crippen LogP contribution in [0.2, 0.25) is 0 Å². The van der Waals surface area contributed by atoms with Crippen LogP contribution in [0.5, 0.6) is 0 Å². The Morgan fingerprint density at radius 2 is 1.58 bits per heavy atom. The molecule has 0 aliphatic carbocycles. The number of hydrogen-bond donors (Lipinski definition) is 0. The molecule has 102 valence electrons. The highest BCUT2D eigenvalue weighted by Crippen LogP contribution is 2.38. The number of aryl methyl sites for hydroxylation is 2. The average Bonchev–Trinajstić information content (AvgIpc) is 2.75. The monoisotopic (exact) mass is 292 g/mol. The third-order valence-electron chi connectivity index (χ3n) is 3.15. The van der Waals surface area contributed by atoms with E-state index in [0.717, 1.165) is 0 Å². The van der Waals surface area contributed by atoms with Crippen LogP contribution in [0.3, 0.4) is 0 Å². The summed E-state index contributed by atoms with van der Waals surface area (Å²) in [5.74, 6) is 0. The maximum absolute atomic E-state index is 6.65. The summed E-state index contributed by atoms with van der Waals surface area (Å²) in [5, 5.41) is -0.0419. The first-order valence-electron chi connectivity index (χ1n) is 6.60. The summed E-state index contributed by atoms with van der Waals surface area (Å²) in [6, 6.07) is 10.9. The Hall–Kier alpha value is -0.790. The van der Waals surface area contributed by atoms with Crippen LogP contribution in [0.4, 0.5) is 0 Å². The van der Waals surface area contributed by atoms with Crippen molar-refractivity contribution in [2.75, 3.05) is 0 Å². The van der Waals surface area contributed by atoms with Gasteiger partial charge in [-0.2, -0.15) is 0 Å². The minimum atomic E-state index is -0.0419. The Morgan fingerprint density at radius 3 is 2.05 bits per heavy atom. The van der Waals surface area contributed by atoms with Crippen LogP contribution in [0.1, 0.15) is 52.6 Å². The zero-order chi connectivity index (χ0) is 14.2. The molecule has 1 aromatic heterocycles. The average molecular weight is 293 g/mol. The van der Waals surface area contributed by atoms with E-state index in [9.17, 15) is 0 Å². The van der Waals surface area contributed by atoms with Gasteiger partial charge in [0.05, 0.1) is 5.38 Å². The Bertz CT molecular complexity index is 555. The lowest BCUT2D eigenvalue weighted by Crippen LogP contribution is -2.07. The normalized spacial score (nSPS) is 13.6. The number of halogens is 1. The smallest absolute Gasteiger partial charge is 0.0928 e. The maximum Gasteiger partial charge on any atom is 0.0928 e. The SMILES string of the molecule is Cc1cc(C)cc(C(Cl)c2ccc(C(C)(C)C)s2)c1. The molecule has 1 atom stereocenters. The van der Waals surface area contributed by atoms with Gasteiger partial charge in [0, 0.05) is 9.75 Å². The summed E-state index contributed by atoms with van der Waals surface area (Å²) < 4.78 is 0. The molecule has 0 amide bonds. The molecule has 2 aromatic rings. The van der Waals surface area contributed by atoms with Crippen molar-refractivity contribution < 1.29 is 0 Å². The van der Waals surface area contributed by atoms with Crippen LogP contribution >= 0.6 is 22.9 Å². The molecule has 1 aromatic carbocycles. The lowest BCUT2D eigenvalue weighted by Gasteiger charge is -2.16. The van der Waals surface area contributed by atoms with Crippen molar-refractivity contribution in [1.29, 1.82) is 0 Å². The van der Waals surface area contributed by atoms with Crippen LogP contribution in [-0.2, 0) is 5.41 Å². The van der Waals surface area contributed by atoms with Gasteiger partial charge in [0.15, 0.2) is 0 Å². The first-order valence-corrected chi connectivity index (χ1v) is 7.85. The van der Waals surface area contributed by atoms with E-state index in [1.165, 1.54) is 26.4 Å². The standard InChI is InChI=1S/C17H21ClS/c1-11-8-12(2)10-13(9-11)16(18)14-6-7-15(19-14)17(3,4)5/h6-10,16H,1-5H3. The number of alkyl halides is 1. The number of benzene rings is 1. The minimum Gasteiger partial charge on any atom is -0.143 e. The Balaban J connectivity index is 2.33. The summed E-state index contributed by atoms with van der Waals surface area (Å²) in [7, 11) is 0. The van der Waals surface area contributed by atoms with Gasteiger partial charge < -0.3 is 0 Å². The largest absolute Gasteiger partial charge is 0.143 e. The van der Waals surface area contributed by atoms with Gasteiger partial charge in [-0.3, -0.25) is 0 Å². The van der Waals surface area contributed by atoms with Gasteiger partial charge in [0.25, 0.3) is 0 Å². The molecule has 0 saturated carbocycles. The number of thiophene rings is 1. The van der Waals surface area contributed by atoms with Crippen molar-refractivity contribution in [3.05, 3.63) is 56.8 Å². The molecule has 0 spiro atoms. The molecular formula is C17H21ClS. The minimum absolute atomic E-state index is 0.0419. The van der Waals surface area contributed by atoms with E-state index in [4.69, 9.17) is 11.6 Å². The topological polar surface area (TPSA) is 0 Å². The van der Waals surface area contributed by atoms with E-state index < -0.39 is 0 Å². The molecule has 19 heavy (non-hydrogen) atoms. The van der Waals surface area contributed by atoms with Crippen molar-refractivity contribution in [1.82, 2.24) is 0 Å². The fraction of sp³-hybridized carbons (Fsp3) is 0.412. The summed E-state index contributed by atoms with van der Waals surface area (Å²) >= 11 is 8.47. The number of rotatable bonds is 2. The lowest BCUT2D eigenvalue weighted by molar-refractivity contribution is 0.604. The van der Waals surface area contributed by atoms with Crippen LogP contribution in [0.15, 0.2) is 30.3 Å². The fourth-order valence-electron chi connectivity index (χ4n) is 2.21. The highest BCUT2D eigenvalue weighted by Gasteiger charge is 2.19. The summed E-state index contributed by atoms with van der Waals surface area (Å²) in [6.45, 7) is 11.0. The second-order valence-electron chi connectivity index (χ2n) is 6.24. The predicted octanol–water partition coefficient (Wildman–Crippen LogP) is 5.99. The van der Waals surface area contributed by atoms with Crippen LogP contribution in [0, 0.1) is 13.8 Å². The van der Waals surface area contributed by atoms with E-state index in [2.05, 4.69) is 65.0 Å². The highest BCUT2D eigenvalue weighted by molar-refractivity contribution is 7.12. The lowest BCUT2D eigenvalue weighted by atomic mass is 9.95. The van der Waals surface area contributed by atoms with Crippen LogP contribution in [0.25, 0.3) is 0 Å². The van der Waals surface area contributed by atoms with Crippen molar-refractivity contribution in [2.45, 2.75) is 45.4 Å². The maximum atomic E-state index is 6.65. The molecule has 0 N–H and O–H groups in total.